The molecule has 0 spiro atoms. The van der Waals surface area contributed by atoms with Gasteiger partial charge in [-0.1, -0.05) is 31.2 Å². The third-order valence-corrected chi connectivity index (χ3v) is 6.59. The van der Waals surface area contributed by atoms with Crippen molar-refractivity contribution in [2.75, 3.05) is 24.6 Å². The van der Waals surface area contributed by atoms with Gasteiger partial charge in [-0.15, -0.1) is 11.3 Å². The quantitative estimate of drug-likeness (QED) is 0.679. The molecule has 0 atom stereocenters. The number of likely N-dealkylation sites (tertiary alicyclic amines) is 1. The van der Waals surface area contributed by atoms with E-state index in [4.69, 9.17) is 11.5 Å². The average Bonchev–Trinajstić information content (AvgIpc) is 3.08. The van der Waals surface area contributed by atoms with Gasteiger partial charge in [-0.3, -0.25) is 4.79 Å². The number of nitrogens with zero attached hydrogens (tertiary/aromatic N) is 3. The van der Waals surface area contributed by atoms with Gasteiger partial charge in [-0.25, -0.2) is 4.98 Å². The normalized spacial score (nSPS) is 14.1. The Bertz CT molecular complexity index is 1120. The minimum atomic E-state index is -0.0606. The van der Waals surface area contributed by atoms with Gasteiger partial charge in [-0.2, -0.15) is 5.26 Å². The number of aryl methyl sites for hydroxylation is 1. The van der Waals surface area contributed by atoms with Crippen LogP contribution in [0.15, 0.2) is 24.3 Å². The molecule has 148 valence electrons. The fourth-order valence-corrected chi connectivity index (χ4v) is 4.96. The summed E-state index contributed by atoms with van der Waals surface area (Å²) in [6.07, 6.45) is 4.09. The van der Waals surface area contributed by atoms with E-state index in [1.807, 2.05) is 29.2 Å². The zero-order valence-corrected chi connectivity index (χ0v) is 17.2. The zero-order chi connectivity index (χ0) is 20.5. The Morgan fingerprint density at radius 1 is 1.21 bits per heavy atom. The summed E-state index contributed by atoms with van der Waals surface area (Å²) in [5, 5.41) is 10.4. The van der Waals surface area contributed by atoms with Crippen LogP contribution in [-0.2, 0) is 6.42 Å². The van der Waals surface area contributed by atoms with E-state index in [9.17, 15) is 10.1 Å². The van der Waals surface area contributed by atoms with Gasteiger partial charge in [0.15, 0.2) is 0 Å². The lowest BCUT2D eigenvalue weighted by Crippen LogP contribution is -2.35. The molecule has 1 aliphatic rings. The number of hydrogen-bond acceptors (Lipinski definition) is 6. The summed E-state index contributed by atoms with van der Waals surface area (Å²) in [5.74, 6) is 0.0994. The number of thiophene rings is 1. The largest absolute Gasteiger partial charge is 0.397 e. The van der Waals surface area contributed by atoms with Crippen LogP contribution in [0.1, 0.15) is 47.0 Å². The molecule has 1 aliphatic heterocycles. The molecule has 1 aromatic carbocycles. The van der Waals surface area contributed by atoms with Crippen LogP contribution in [0.2, 0.25) is 0 Å². The molecule has 4 N–H and O–H groups in total. The van der Waals surface area contributed by atoms with Crippen molar-refractivity contribution in [3.8, 4) is 17.2 Å². The second-order valence-corrected chi connectivity index (χ2v) is 8.29. The van der Waals surface area contributed by atoms with Gasteiger partial charge in [0.1, 0.15) is 27.2 Å². The topological polar surface area (TPSA) is 109 Å². The van der Waals surface area contributed by atoms with E-state index in [2.05, 4.69) is 18.0 Å². The molecule has 29 heavy (non-hydrogen) atoms. The highest BCUT2D eigenvalue weighted by Crippen LogP contribution is 2.43. The van der Waals surface area contributed by atoms with Crippen molar-refractivity contribution in [3.63, 3.8) is 0 Å². The van der Waals surface area contributed by atoms with Crippen LogP contribution < -0.4 is 11.5 Å². The molecular formula is C22H23N5OS. The second kappa shape index (κ2) is 7.72. The summed E-state index contributed by atoms with van der Waals surface area (Å²) in [5.41, 5.74) is 16.0. The molecule has 3 heterocycles. The number of aromatic nitrogens is 1. The summed E-state index contributed by atoms with van der Waals surface area (Å²) in [4.78, 5) is 20.4. The molecule has 0 saturated carbocycles. The van der Waals surface area contributed by atoms with Crippen molar-refractivity contribution in [2.45, 2.75) is 32.6 Å². The maximum Gasteiger partial charge on any atom is 0.266 e. The Kier molecular flexibility index (Phi) is 5.12. The Balaban J connectivity index is 1.92. The highest BCUT2D eigenvalue weighted by atomic mass is 32.1. The van der Waals surface area contributed by atoms with E-state index < -0.39 is 0 Å². The number of nitriles is 1. The minimum Gasteiger partial charge on any atom is -0.397 e. The Morgan fingerprint density at radius 2 is 1.90 bits per heavy atom. The van der Waals surface area contributed by atoms with E-state index in [0.29, 0.717) is 31.9 Å². The average molecular weight is 406 g/mol. The monoisotopic (exact) mass is 405 g/mol. The van der Waals surface area contributed by atoms with Crippen LogP contribution in [0.5, 0.6) is 0 Å². The number of nitrogen functional groups attached to an aromatic ring is 2. The molecule has 1 fully saturated rings. The number of nitrogens with two attached hydrogens (primary N) is 2. The molecule has 0 unspecified atom stereocenters. The summed E-state index contributed by atoms with van der Waals surface area (Å²) < 4.78 is 0. The number of fused-ring (bicyclic) bond motifs is 1. The molecule has 7 heteroatoms. The number of carbonyl (C=O) groups is 1. The lowest BCUT2D eigenvalue weighted by Gasteiger charge is -2.26. The lowest BCUT2D eigenvalue weighted by atomic mass is 9.96. The van der Waals surface area contributed by atoms with E-state index in [1.54, 1.807) is 0 Å². The maximum atomic E-state index is 13.1. The number of rotatable bonds is 3. The number of piperidine rings is 1. The molecule has 0 aliphatic carbocycles. The first kappa shape index (κ1) is 19.2. The molecule has 6 nitrogen and oxygen atoms in total. The fourth-order valence-electron chi connectivity index (χ4n) is 3.88. The standard InChI is InChI=1S/C22H23N5OS/c1-2-13-6-8-14(9-7-13)16-15(12-23)20(25)26-21-17(16)18(24)19(29-21)22(28)27-10-4-3-5-11-27/h6-9H,2-5,10-11,24H2,1H3,(H2,25,26). The highest BCUT2D eigenvalue weighted by Gasteiger charge is 2.27. The van der Waals surface area contributed by atoms with E-state index >= 15 is 0 Å². The first-order chi connectivity index (χ1) is 14.0. The predicted octanol–water partition coefficient (Wildman–Crippen LogP) is 4.19. The zero-order valence-electron chi connectivity index (χ0n) is 16.4. The van der Waals surface area contributed by atoms with Gasteiger partial charge in [-0.05, 0) is 36.8 Å². The van der Waals surface area contributed by atoms with Crippen LogP contribution >= 0.6 is 11.3 Å². The van der Waals surface area contributed by atoms with Gasteiger partial charge in [0.2, 0.25) is 0 Å². The first-order valence-electron chi connectivity index (χ1n) is 9.85. The van der Waals surface area contributed by atoms with E-state index in [1.165, 1.54) is 16.9 Å². The fraction of sp³-hybridized carbons (Fsp3) is 0.318. The third kappa shape index (κ3) is 3.30. The molecule has 1 amide bonds. The molecule has 0 bridgehead atoms. The number of amides is 1. The van der Waals surface area contributed by atoms with Crippen molar-refractivity contribution < 1.29 is 4.79 Å². The Labute approximate surface area is 173 Å². The van der Waals surface area contributed by atoms with Crippen LogP contribution in [0.25, 0.3) is 21.3 Å². The molecular weight excluding hydrogens is 382 g/mol. The molecule has 4 rings (SSSR count). The van der Waals surface area contributed by atoms with Gasteiger partial charge in [0.05, 0.1) is 5.69 Å². The molecule has 3 aromatic rings. The second-order valence-electron chi connectivity index (χ2n) is 7.29. The van der Waals surface area contributed by atoms with Crippen LogP contribution in [0.4, 0.5) is 11.5 Å². The molecule has 1 saturated heterocycles. The molecule has 0 radical (unpaired) electrons. The van der Waals surface area contributed by atoms with Gasteiger partial charge >= 0.3 is 0 Å². The smallest absolute Gasteiger partial charge is 0.266 e. The molecule has 2 aromatic heterocycles. The van der Waals surface area contributed by atoms with Crippen LogP contribution in [-0.4, -0.2) is 28.9 Å². The number of anilines is 2. The maximum absolute atomic E-state index is 13.1. The number of carbonyl (C=O) groups excluding carboxylic acids is 1. The SMILES string of the molecule is CCc1ccc(-c2c(C#N)c(N)nc3sc(C(=O)N4CCCCC4)c(N)c23)cc1. The van der Waals surface area contributed by atoms with Crippen LogP contribution in [0.3, 0.4) is 0 Å². The highest BCUT2D eigenvalue weighted by molar-refractivity contribution is 7.21. The third-order valence-electron chi connectivity index (χ3n) is 5.50. The number of benzene rings is 1. The first-order valence-corrected chi connectivity index (χ1v) is 10.7. The van der Waals surface area contributed by atoms with Crippen molar-refractivity contribution in [2.24, 2.45) is 0 Å². The predicted molar refractivity (Wildman–Crippen MR) is 118 cm³/mol. The summed E-state index contributed by atoms with van der Waals surface area (Å²) >= 11 is 1.26. The summed E-state index contributed by atoms with van der Waals surface area (Å²) in [7, 11) is 0. The minimum absolute atomic E-state index is 0.0606. The van der Waals surface area contributed by atoms with Crippen molar-refractivity contribution in [1.29, 1.82) is 5.26 Å². The van der Waals surface area contributed by atoms with Crippen molar-refractivity contribution in [3.05, 3.63) is 40.3 Å². The van der Waals surface area contributed by atoms with Gasteiger partial charge in [0, 0.05) is 24.0 Å². The van der Waals surface area contributed by atoms with E-state index in [0.717, 1.165) is 44.3 Å². The Hall–Kier alpha value is -3.11. The Morgan fingerprint density at radius 3 is 2.52 bits per heavy atom. The number of pyridine rings is 1. The lowest BCUT2D eigenvalue weighted by molar-refractivity contribution is 0.0730. The van der Waals surface area contributed by atoms with Crippen LogP contribution in [0, 0.1) is 11.3 Å². The van der Waals surface area contributed by atoms with Gasteiger partial charge in [0.25, 0.3) is 5.91 Å². The summed E-state index contributed by atoms with van der Waals surface area (Å²) in [6, 6.07) is 10.2. The van der Waals surface area contributed by atoms with E-state index in [-0.39, 0.29) is 11.7 Å². The van der Waals surface area contributed by atoms with Crippen molar-refractivity contribution in [1.82, 2.24) is 9.88 Å². The number of hydrogen-bond donors (Lipinski definition) is 2. The summed E-state index contributed by atoms with van der Waals surface area (Å²) in [6.45, 7) is 3.58. The van der Waals surface area contributed by atoms with Gasteiger partial charge < -0.3 is 16.4 Å². The van der Waals surface area contributed by atoms with Crippen molar-refractivity contribution >= 4 is 39.0 Å².